The monoisotopic (exact) mass is 228 g/mol. The van der Waals surface area contributed by atoms with E-state index in [0.29, 0.717) is 5.92 Å². The van der Waals surface area contributed by atoms with Crippen LogP contribution in [-0.2, 0) is 4.74 Å². The van der Waals surface area contributed by atoms with E-state index in [1.165, 1.54) is 0 Å². The molecule has 2 heterocycles. The van der Waals surface area contributed by atoms with Crippen molar-refractivity contribution in [3.63, 3.8) is 0 Å². The highest BCUT2D eigenvalue weighted by atomic mass is 32.1. The maximum absolute atomic E-state index is 5.61. The number of nitrogens with one attached hydrogen (secondary N) is 1. The zero-order valence-electron chi connectivity index (χ0n) is 8.73. The molecule has 0 amide bonds. The molecule has 0 radical (unpaired) electrons. The van der Waals surface area contributed by atoms with E-state index < -0.39 is 0 Å². The second kappa shape index (κ2) is 4.94. The van der Waals surface area contributed by atoms with E-state index in [-0.39, 0.29) is 6.04 Å². The first-order valence-electron chi connectivity index (χ1n) is 5.02. The Kier molecular flexibility index (Phi) is 3.58. The summed E-state index contributed by atoms with van der Waals surface area (Å²) in [7, 11) is 1.68. The number of hydrazine groups is 1. The number of ether oxygens (including phenoxy) is 2. The van der Waals surface area contributed by atoms with Gasteiger partial charge in [0.1, 0.15) is 5.75 Å². The zero-order valence-corrected chi connectivity index (χ0v) is 9.55. The summed E-state index contributed by atoms with van der Waals surface area (Å²) in [5.41, 5.74) is 2.87. The molecule has 1 fully saturated rings. The van der Waals surface area contributed by atoms with Crippen LogP contribution in [0.25, 0.3) is 0 Å². The molecular formula is C10H16N2O2S. The van der Waals surface area contributed by atoms with Gasteiger partial charge in [0.2, 0.25) is 0 Å². The second-order valence-corrected chi connectivity index (χ2v) is 4.57. The molecule has 1 aliphatic rings. The highest BCUT2D eigenvalue weighted by molar-refractivity contribution is 7.10. The molecule has 0 aromatic carbocycles. The Morgan fingerprint density at radius 1 is 1.73 bits per heavy atom. The molecule has 0 saturated carbocycles. The number of hydrogen-bond donors (Lipinski definition) is 2. The topological polar surface area (TPSA) is 56.5 Å². The maximum Gasteiger partial charge on any atom is 0.134 e. The lowest BCUT2D eigenvalue weighted by atomic mass is 9.98. The summed E-state index contributed by atoms with van der Waals surface area (Å²) >= 11 is 1.67. The number of nitrogens with two attached hydrogens (primary N) is 1. The predicted octanol–water partition coefficient (Wildman–Crippen LogP) is 1.30. The van der Waals surface area contributed by atoms with Crippen LogP contribution >= 0.6 is 11.3 Å². The number of rotatable bonds is 4. The van der Waals surface area contributed by atoms with E-state index in [1.54, 1.807) is 18.4 Å². The van der Waals surface area contributed by atoms with Gasteiger partial charge < -0.3 is 9.47 Å². The van der Waals surface area contributed by atoms with Crippen molar-refractivity contribution in [2.75, 3.05) is 20.3 Å². The van der Waals surface area contributed by atoms with Gasteiger partial charge in [-0.3, -0.25) is 11.3 Å². The van der Waals surface area contributed by atoms with Crippen molar-refractivity contribution in [1.82, 2.24) is 5.43 Å². The van der Waals surface area contributed by atoms with Gasteiger partial charge in [-0.05, 0) is 17.9 Å². The van der Waals surface area contributed by atoms with E-state index >= 15 is 0 Å². The number of hydrogen-bond acceptors (Lipinski definition) is 5. The average Bonchev–Trinajstić information content (AvgIpc) is 2.89. The molecule has 1 aromatic heterocycles. The normalized spacial score (nSPS) is 22.9. The Bertz CT molecular complexity index is 310. The van der Waals surface area contributed by atoms with Crippen molar-refractivity contribution in [2.45, 2.75) is 12.5 Å². The standard InChI is InChI=1S/C10H16N2O2S/c1-13-8-3-5-15-10(8)9(12-11)7-2-4-14-6-7/h3,5,7,9,12H,2,4,6,11H2,1H3. The SMILES string of the molecule is COc1ccsc1C(NN)C1CCOC1. The van der Waals surface area contributed by atoms with Crippen molar-refractivity contribution in [2.24, 2.45) is 11.8 Å². The van der Waals surface area contributed by atoms with Gasteiger partial charge >= 0.3 is 0 Å². The molecule has 1 saturated heterocycles. The van der Waals surface area contributed by atoms with E-state index in [2.05, 4.69) is 5.43 Å². The quantitative estimate of drug-likeness (QED) is 0.602. The first-order chi connectivity index (χ1) is 7.36. The first-order valence-corrected chi connectivity index (χ1v) is 5.90. The molecule has 84 valence electrons. The van der Waals surface area contributed by atoms with Gasteiger partial charge in [-0.2, -0.15) is 0 Å². The van der Waals surface area contributed by atoms with Crippen molar-refractivity contribution >= 4 is 11.3 Å². The fourth-order valence-electron chi connectivity index (χ4n) is 1.95. The van der Waals surface area contributed by atoms with Crippen molar-refractivity contribution in [3.05, 3.63) is 16.3 Å². The van der Waals surface area contributed by atoms with Gasteiger partial charge in [0.25, 0.3) is 0 Å². The third kappa shape index (κ3) is 2.15. The van der Waals surface area contributed by atoms with Gasteiger partial charge in [0.15, 0.2) is 0 Å². The van der Waals surface area contributed by atoms with Crippen molar-refractivity contribution in [3.8, 4) is 5.75 Å². The minimum Gasteiger partial charge on any atom is -0.496 e. The van der Waals surface area contributed by atoms with E-state index in [0.717, 1.165) is 30.3 Å². The third-order valence-corrected chi connectivity index (χ3v) is 3.76. The minimum atomic E-state index is 0.141. The van der Waals surface area contributed by atoms with Gasteiger partial charge in [0, 0.05) is 12.5 Å². The molecule has 5 heteroatoms. The highest BCUT2D eigenvalue weighted by Crippen LogP contribution is 2.37. The van der Waals surface area contributed by atoms with E-state index in [1.807, 2.05) is 11.4 Å². The molecule has 0 spiro atoms. The molecule has 1 aliphatic heterocycles. The van der Waals surface area contributed by atoms with Crippen molar-refractivity contribution < 1.29 is 9.47 Å². The summed E-state index contributed by atoms with van der Waals surface area (Å²) in [5.74, 6) is 6.97. The molecule has 15 heavy (non-hydrogen) atoms. The van der Waals surface area contributed by atoms with Crippen LogP contribution in [0.4, 0.5) is 0 Å². The molecule has 2 atom stereocenters. The third-order valence-electron chi connectivity index (χ3n) is 2.78. The summed E-state index contributed by atoms with van der Waals surface area (Å²) in [6, 6.07) is 2.11. The molecule has 4 nitrogen and oxygen atoms in total. The number of methoxy groups -OCH3 is 1. The smallest absolute Gasteiger partial charge is 0.134 e. The van der Waals surface area contributed by atoms with Crippen LogP contribution in [0.2, 0.25) is 0 Å². The average molecular weight is 228 g/mol. The maximum atomic E-state index is 5.61. The molecule has 3 N–H and O–H groups in total. The summed E-state index contributed by atoms with van der Waals surface area (Å²) in [4.78, 5) is 1.16. The van der Waals surface area contributed by atoms with Crippen LogP contribution in [0.5, 0.6) is 5.75 Å². The van der Waals surface area contributed by atoms with Gasteiger partial charge in [0.05, 0.1) is 24.6 Å². The highest BCUT2D eigenvalue weighted by Gasteiger charge is 2.29. The Morgan fingerprint density at radius 2 is 2.60 bits per heavy atom. The Balaban J connectivity index is 2.17. The van der Waals surface area contributed by atoms with Crippen molar-refractivity contribution in [1.29, 1.82) is 0 Å². The lowest BCUT2D eigenvalue weighted by Crippen LogP contribution is -2.33. The Labute approximate surface area is 93.3 Å². The molecule has 1 aromatic rings. The molecule has 2 unspecified atom stereocenters. The van der Waals surface area contributed by atoms with Gasteiger partial charge in [-0.25, -0.2) is 0 Å². The fourth-order valence-corrected chi connectivity index (χ4v) is 2.96. The summed E-state index contributed by atoms with van der Waals surface area (Å²) in [6.45, 7) is 1.60. The predicted molar refractivity (Wildman–Crippen MR) is 59.9 cm³/mol. The van der Waals surface area contributed by atoms with E-state index in [4.69, 9.17) is 15.3 Å². The van der Waals surface area contributed by atoms with Crippen LogP contribution in [0, 0.1) is 5.92 Å². The van der Waals surface area contributed by atoms with E-state index in [9.17, 15) is 0 Å². The van der Waals surface area contributed by atoms with Gasteiger partial charge in [-0.1, -0.05) is 0 Å². The van der Waals surface area contributed by atoms with Crippen LogP contribution < -0.4 is 16.0 Å². The second-order valence-electron chi connectivity index (χ2n) is 3.62. The van der Waals surface area contributed by atoms with Crippen LogP contribution in [0.15, 0.2) is 11.4 Å². The molecular weight excluding hydrogens is 212 g/mol. The lowest BCUT2D eigenvalue weighted by molar-refractivity contribution is 0.177. The Morgan fingerprint density at radius 3 is 3.20 bits per heavy atom. The lowest BCUT2D eigenvalue weighted by Gasteiger charge is -2.21. The van der Waals surface area contributed by atoms with Crippen LogP contribution in [-0.4, -0.2) is 20.3 Å². The van der Waals surface area contributed by atoms with Gasteiger partial charge in [-0.15, -0.1) is 11.3 Å². The molecule has 0 bridgehead atoms. The molecule has 0 aliphatic carbocycles. The minimum absolute atomic E-state index is 0.141. The summed E-state index contributed by atoms with van der Waals surface area (Å²) < 4.78 is 10.7. The largest absolute Gasteiger partial charge is 0.496 e. The summed E-state index contributed by atoms with van der Waals surface area (Å²) in [6.07, 6.45) is 1.05. The first kappa shape index (κ1) is 10.9. The number of thiophene rings is 1. The van der Waals surface area contributed by atoms with Crippen LogP contribution in [0.3, 0.4) is 0 Å². The van der Waals surface area contributed by atoms with Crippen LogP contribution in [0.1, 0.15) is 17.3 Å². The Hall–Kier alpha value is -0.620. The fraction of sp³-hybridized carbons (Fsp3) is 0.600. The zero-order chi connectivity index (χ0) is 10.7. The summed E-state index contributed by atoms with van der Waals surface area (Å²) in [5, 5.41) is 2.02. The molecule has 2 rings (SSSR count).